The van der Waals surface area contributed by atoms with Crippen LogP contribution in [0.1, 0.15) is 0 Å². The third kappa shape index (κ3) is 1640. The Balaban J connectivity index is 0. The van der Waals surface area contributed by atoms with Gasteiger partial charge in [0.05, 0.1) is 0 Å². The molecule has 0 aliphatic rings. The van der Waals surface area contributed by atoms with Gasteiger partial charge in [-0.2, -0.15) is 0 Å². The molecule has 0 saturated carbocycles. The summed E-state index contributed by atoms with van der Waals surface area (Å²) in [5, 5.41) is 21.5. The molecule has 0 aliphatic heterocycles. The van der Waals surface area contributed by atoms with E-state index in [1.807, 2.05) is 0 Å². The first-order valence-corrected chi connectivity index (χ1v) is 5.85. The van der Waals surface area contributed by atoms with Crippen LogP contribution in [0, 0.1) is 0 Å². The number of rotatable bonds is 0. The van der Waals surface area contributed by atoms with Crippen LogP contribution in [-0.4, -0.2) is 43.1 Å². The molecule has 0 radical (unpaired) electrons. The van der Waals surface area contributed by atoms with Crippen molar-refractivity contribution in [2.75, 3.05) is 0 Å². The Labute approximate surface area is 55.1 Å². The minimum absolute atomic E-state index is 2.17. The van der Waals surface area contributed by atoms with Gasteiger partial charge in [0.15, 0.2) is 0 Å². The molecule has 9 heteroatoms. The van der Waals surface area contributed by atoms with Crippen LogP contribution in [0.15, 0.2) is 0 Å². The Kier molecular flexibility index (Phi) is 7.12. The van der Waals surface area contributed by atoms with Crippen molar-refractivity contribution >= 4 is 28.0 Å². The van der Waals surface area contributed by atoms with Crippen molar-refractivity contribution in [2.45, 2.75) is 0 Å². The van der Waals surface area contributed by atoms with Crippen LogP contribution in [0.3, 0.4) is 0 Å². The van der Waals surface area contributed by atoms with Crippen LogP contribution in [0.2, 0.25) is 0 Å². The summed E-state index contributed by atoms with van der Waals surface area (Å²) in [5.74, 6) is 0. The van der Waals surface area contributed by atoms with Gasteiger partial charge >= 0.3 is 39.5 Å². The first-order valence-electron chi connectivity index (χ1n) is 1.53. The third-order valence-corrected chi connectivity index (χ3v) is 0. The first kappa shape index (κ1) is 12.2. The molecule has 0 aromatic heterocycles. The summed E-state index contributed by atoms with van der Waals surface area (Å²) in [7, 11) is -2.17. The summed E-state index contributed by atoms with van der Waals surface area (Å²) in [6, 6.07) is 0. The normalized spacial score (nSPS) is 9.67. The summed E-state index contributed by atoms with van der Waals surface area (Å²) in [5.41, 5.74) is 0. The minimum atomic E-state index is -7.18. The second-order valence-corrected chi connectivity index (χ2v) is 3.22. The van der Waals surface area contributed by atoms with Crippen LogP contribution in [-0.2, 0) is 0 Å². The molecule has 0 aliphatic carbocycles. The molecule has 0 rings (SSSR count). The van der Waals surface area contributed by atoms with Crippen molar-refractivity contribution in [3.63, 3.8) is 0 Å². The summed E-state index contributed by atoms with van der Waals surface area (Å²) in [6.07, 6.45) is 0. The molecule has 0 fully saturated rings. The molecule has 9 heavy (non-hydrogen) atoms. The van der Waals surface area contributed by atoms with Crippen molar-refractivity contribution < 1.29 is 26.5 Å². The summed E-state index contributed by atoms with van der Waals surface area (Å²) in [4.78, 5) is 0. The van der Waals surface area contributed by atoms with Gasteiger partial charge in [-0.05, 0) is 0 Å². The zero-order chi connectivity index (χ0) is 8.08. The van der Waals surface area contributed by atoms with Gasteiger partial charge < -0.3 is 15.1 Å². The van der Waals surface area contributed by atoms with Crippen molar-refractivity contribution in [2.24, 2.45) is 0 Å². The van der Waals surface area contributed by atoms with E-state index in [-0.39, 0.29) is 0 Å². The van der Waals surface area contributed by atoms with Gasteiger partial charge in [-0.3, -0.25) is 0 Å². The number of halogens is 4. The Bertz CT molecular complexity index is 52.6. The van der Waals surface area contributed by atoms with Gasteiger partial charge in [-0.15, -0.1) is 0 Å². The summed E-state index contributed by atoms with van der Waals surface area (Å²) in [6.45, 7) is 0. The van der Waals surface area contributed by atoms with Gasteiger partial charge in [0.1, 0.15) is 0 Å². The molecular weight excluding hydrogens is 254 g/mol. The molecule has 3 nitrogen and oxygen atoms in total. The molecule has 0 aromatic carbocycles. The molecule has 0 unspecified atom stereocenters. The van der Waals surface area contributed by atoms with E-state index in [4.69, 9.17) is 15.1 Å². The third-order valence-electron chi connectivity index (χ3n) is 0. The Morgan fingerprint density at radius 1 is 0.889 bits per heavy atom. The Morgan fingerprint density at radius 2 is 0.889 bits per heavy atom. The van der Waals surface area contributed by atoms with E-state index < -0.39 is 28.0 Å². The predicted molar refractivity (Wildman–Crippen MR) is 22.6 cm³/mol. The first-order chi connectivity index (χ1) is 3.73. The topological polar surface area (TPSA) is 60.7 Å². The quantitative estimate of drug-likeness (QED) is 0.395. The van der Waals surface area contributed by atoms with Crippen molar-refractivity contribution in [1.29, 1.82) is 0 Å². The van der Waals surface area contributed by atoms with E-state index >= 15 is 0 Å². The van der Waals surface area contributed by atoms with Crippen molar-refractivity contribution in [3.8, 4) is 0 Å². The maximum atomic E-state index is 9.90. The van der Waals surface area contributed by atoms with Crippen molar-refractivity contribution in [3.05, 3.63) is 0 Å². The number of hydrogen-bond acceptors (Lipinski definition) is 3. The average Bonchev–Trinajstić information content (AvgIpc) is 1.19. The molecule has 56 valence electrons. The van der Waals surface area contributed by atoms with Crippen molar-refractivity contribution in [1.82, 2.24) is 0 Å². The van der Waals surface area contributed by atoms with Gasteiger partial charge in [0.2, 0.25) is 0 Å². The fourth-order valence-electron chi connectivity index (χ4n) is 0. The SMILES string of the molecule is OB(O)O.[F][Sn]([F])([F])[F]. The van der Waals surface area contributed by atoms with E-state index in [1.54, 1.807) is 0 Å². The molecule has 0 bridgehead atoms. The molecule has 0 heterocycles. The van der Waals surface area contributed by atoms with Crippen LogP contribution in [0.5, 0.6) is 0 Å². The van der Waals surface area contributed by atoms with E-state index in [0.717, 1.165) is 0 Å². The molecule has 0 spiro atoms. The zero-order valence-electron chi connectivity index (χ0n) is 3.93. The summed E-state index contributed by atoms with van der Waals surface area (Å²) < 4.78 is 39.6. The van der Waals surface area contributed by atoms with Crippen LogP contribution < -0.4 is 0 Å². The summed E-state index contributed by atoms with van der Waals surface area (Å²) >= 11 is -7.18. The van der Waals surface area contributed by atoms with Gasteiger partial charge in [0, 0.05) is 0 Å². The van der Waals surface area contributed by atoms with E-state index in [2.05, 4.69) is 0 Å². The van der Waals surface area contributed by atoms with Crippen LogP contribution in [0.25, 0.3) is 0 Å². The number of hydrogen-bond donors (Lipinski definition) is 3. The van der Waals surface area contributed by atoms with Crippen LogP contribution >= 0.6 is 0 Å². The van der Waals surface area contributed by atoms with E-state index in [9.17, 15) is 11.5 Å². The Morgan fingerprint density at radius 3 is 0.889 bits per heavy atom. The fourth-order valence-corrected chi connectivity index (χ4v) is 0. The monoisotopic (exact) mass is 258 g/mol. The van der Waals surface area contributed by atoms with Gasteiger partial charge in [0.25, 0.3) is 0 Å². The molecule has 0 aromatic rings. The van der Waals surface area contributed by atoms with Gasteiger partial charge in [-0.25, -0.2) is 0 Å². The fraction of sp³-hybridized carbons (Fsp3) is 0. The van der Waals surface area contributed by atoms with Gasteiger partial charge in [-0.1, -0.05) is 0 Å². The molecule has 3 N–H and O–H groups in total. The second-order valence-electron chi connectivity index (χ2n) is 0.775. The predicted octanol–water partition coefficient (Wildman–Crippen LogP) is -0.752. The molecule has 0 atom stereocenters. The standard InChI is InChI=1S/BH3O3.4FH.Sn/c2-1(3)4;;;;;/h2-4H;4*1H;/q;;;;;+4/p-4. The second kappa shape index (κ2) is 5.26. The Hall–Kier alpha value is 0.464. The van der Waals surface area contributed by atoms with E-state index in [0.29, 0.717) is 0 Å². The average molecular weight is 257 g/mol. The molecular formula is H3BF4O3Sn. The van der Waals surface area contributed by atoms with E-state index in [1.165, 1.54) is 0 Å². The molecule has 0 saturated heterocycles. The zero-order valence-corrected chi connectivity index (χ0v) is 6.78. The molecule has 0 amide bonds. The maximum absolute atomic E-state index is 9.90. The van der Waals surface area contributed by atoms with Crippen LogP contribution in [0.4, 0.5) is 11.5 Å².